The summed E-state index contributed by atoms with van der Waals surface area (Å²) < 4.78 is 30.4. The smallest absolute Gasteiger partial charge is 0.153 e. The minimum absolute atomic E-state index is 0.425. The van der Waals surface area contributed by atoms with Crippen LogP contribution in [0.4, 0.5) is 14.5 Å². The van der Waals surface area contributed by atoms with Crippen molar-refractivity contribution in [2.75, 3.05) is 0 Å². The lowest BCUT2D eigenvalue weighted by Crippen LogP contribution is -1.85. The van der Waals surface area contributed by atoms with Gasteiger partial charge in [0.25, 0.3) is 0 Å². The molecule has 1 nitrogen and oxygen atoms in total. The number of thiocarbonyl (C=S) groups is 1. The molecule has 7 heteroatoms. The molecule has 0 aliphatic rings. The molecule has 36 heavy (non-hydrogen) atoms. The van der Waals surface area contributed by atoms with E-state index in [0.717, 1.165) is 43.1 Å². The number of hydrogen-bond donors (Lipinski definition) is 0. The van der Waals surface area contributed by atoms with Crippen molar-refractivity contribution in [3.8, 4) is 34.1 Å². The number of aliphatic imine (C=N–C) groups is 1. The van der Waals surface area contributed by atoms with Gasteiger partial charge in [-0.05, 0) is 66.7 Å². The summed E-state index contributed by atoms with van der Waals surface area (Å²) in [5, 5.41) is 2.57. The van der Waals surface area contributed by atoms with Crippen molar-refractivity contribution in [1.82, 2.24) is 0 Å². The van der Waals surface area contributed by atoms with E-state index in [0.29, 0.717) is 10.6 Å². The molecule has 0 radical (unpaired) electrons. The summed E-state index contributed by atoms with van der Waals surface area (Å²) in [4.78, 5) is 5.10. The molecule has 0 spiro atoms. The van der Waals surface area contributed by atoms with Crippen LogP contribution in [0, 0.1) is 35.3 Å². The van der Waals surface area contributed by atoms with E-state index in [1.165, 1.54) is 54.1 Å². The summed E-state index contributed by atoms with van der Waals surface area (Å²) in [6, 6.07) is 12.1. The van der Waals surface area contributed by atoms with Crippen molar-refractivity contribution in [2.24, 2.45) is 4.99 Å². The minimum atomic E-state index is -0.772. The standard InChI is InChI=1S/C29H20ClF2NS3/c1-2-3-4-5-6-7-8-19-9-10-20(23(30)13-19)11-12-22-16-27-28(35-22)17-26(36-27)21-14-24(31)29(33-18-34)25(32)15-21/h9-10,13-17H,2-6H2,1H3. The van der Waals surface area contributed by atoms with Gasteiger partial charge in [-0.3, -0.25) is 0 Å². The Labute approximate surface area is 227 Å². The Kier molecular flexibility index (Phi) is 9.05. The number of fused-ring (bicyclic) bond motifs is 1. The van der Waals surface area contributed by atoms with Gasteiger partial charge in [0.1, 0.15) is 5.69 Å². The Balaban J connectivity index is 1.48. The third-order valence-electron chi connectivity index (χ3n) is 5.34. The van der Waals surface area contributed by atoms with Crippen molar-refractivity contribution in [3.63, 3.8) is 0 Å². The number of isothiocyanates is 1. The van der Waals surface area contributed by atoms with Gasteiger partial charge in [0, 0.05) is 31.8 Å². The highest BCUT2D eigenvalue weighted by Crippen LogP contribution is 2.39. The molecule has 0 bridgehead atoms. The molecule has 0 saturated carbocycles. The van der Waals surface area contributed by atoms with Gasteiger partial charge in [-0.25, -0.2) is 8.78 Å². The Bertz CT molecular complexity index is 1530. The third-order valence-corrected chi connectivity index (χ3v) is 8.01. The summed E-state index contributed by atoms with van der Waals surface area (Å²) in [7, 11) is 0. The first-order valence-corrected chi connectivity index (χ1v) is 13.8. The maximum atomic E-state index is 14.2. The molecule has 2 aromatic carbocycles. The van der Waals surface area contributed by atoms with Crippen molar-refractivity contribution < 1.29 is 8.78 Å². The topological polar surface area (TPSA) is 12.4 Å². The highest BCUT2D eigenvalue weighted by atomic mass is 35.5. The molecule has 4 aromatic rings. The van der Waals surface area contributed by atoms with Crippen molar-refractivity contribution >= 4 is 66.7 Å². The van der Waals surface area contributed by atoms with Gasteiger partial charge in [-0.15, -0.1) is 22.7 Å². The van der Waals surface area contributed by atoms with E-state index in [1.807, 2.05) is 35.5 Å². The summed E-state index contributed by atoms with van der Waals surface area (Å²) >= 11 is 13.9. The van der Waals surface area contributed by atoms with E-state index in [4.69, 9.17) is 11.6 Å². The SMILES string of the molecule is CCCCCCC#Cc1ccc(C#Cc2cc3sc(-c4cc(F)c(N=C=S)c(F)c4)cc3s2)c(Cl)c1. The monoisotopic (exact) mass is 551 g/mol. The predicted octanol–water partition coefficient (Wildman–Crippen LogP) is 10.0. The molecule has 0 atom stereocenters. The first-order valence-electron chi connectivity index (χ1n) is 11.4. The molecule has 0 amide bonds. The Morgan fingerprint density at radius 3 is 2.39 bits per heavy atom. The zero-order valence-corrected chi connectivity index (χ0v) is 22.6. The van der Waals surface area contributed by atoms with Crippen LogP contribution in [0.15, 0.2) is 47.5 Å². The summed E-state index contributed by atoms with van der Waals surface area (Å²) in [5.41, 5.74) is 1.66. The van der Waals surface area contributed by atoms with Gasteiger partial charge in [-0.2, -0.15) is 4.99 Å². The van der Waals surface area contributed by atoms with Gasteiger partial charge in [0.05, 0.1) is 15.1 Å². The lowest BCUT2D eigenvalue weighted by Gasteiger charge is -2.02. The van der Waals surface area contributed by atoms with Crippen LogP contribution >= 0.6 is 46.5 Å². The Morgan fingerprint density at radius 1 is 0.917 bits per heavy atom. The van der Waals surface area contributed by atoms with Crippen LogP contribution in [0.2, 0.25) is 5.02 Å². The van der Waals surface area contributed by atoms with Crippen molar-refractivity contribution in [1.29, 1.82) is 0 Å². The summed E-state index contributed by atoms with van der Waals surface area (Å²) in [6.07, 6.45) is 5.72. The number of rotatable bonds is 6. The Morgan fingerprint density at radius 2 is 1.69 bits per heavy atom. The van der Waals surface area contributed by atoms with E-state index in [1.54, 1.807) is 0 Å². The number of thiophene rings is 2. The van der Waals surface area contributed by atoms with E-state index < -0.39 is 17.3 Å². The van der Waals surface area contributed by atoms with Crippen LogP contribution in [-0.2, 0) is 0 Å². The summed E-state index contributed by atoms with van der Waals surface area (Å²) in [5.74, 6) is 11.2. The fourth-order valence-corrected chi connectivity index (χ4v) is 6.08. The first-order chi connectivity index (χ1) is 17.5. The second-order valence-electron chi connectivity index (χ2n) is 8.00. The van der Waals surface area contributed by atoms with Gasteiger partial charge in [0.2, 0.25) is 0 Å². The third kappa shape index (κ3) is 6.48. The quantitative estimate of drug-likeness (QED) is 0.100. The minimum Gasteiger partial charge on any atom is -0.204 e. The molecule has 2 heterocycles. The molecule has 2 aromatic heterocycles. The normalized spacial score (nSPS) is 10.3. The van der Waals surface area contributed by atoms with Crippen LogP contribution in [0.25, 0.3) is 19.8 Å². The highest BCUT2D eigenvalue weighted by Gasteiger charge is 2.14. The highest BCUT2D eigenvalue weighted by molar-refractivity contribution is 7.78. The van der Waals surface area contributed by atoms with E-state index in [2.05, 4.69) is 47.8 Å². The number of nitrogens with zero attached hydrogens (tertiary/aromatic N) is 1. The molecular formula is C29H20ClF2NS3. The zero-order chi connectivity index (χ0) is 25.5. The fourth-order valence-electron chi connectivity index (χ4n) is 3.53. The number of benzene rings is 2. The molecule has 0 aliphatic carbocycles. The van der Waals surface area contributed by atoms with E-state index >= 15 is 0 Å². The lowest BCUT2D eigenvalue weighted by molar-refractivity contribution is 0.588. The molecule has 4 rings (SSSR count). The van der Waals surface area contributed by atoms with E-state index in [9.17, 15) is 8.78 Å². The van der Waals surface area contributed by atoms with Crippen LogP contribution in [0.3, 0.4) is 0 Å². The molecule has 0 fully saturated rings. The number of hydrogen-bond acceptors (Lipinski definition) is 4. The van der Waals surface area contributed by atoms with Crippen LogP contribution < -0.4 is 0 Å². The predicted molar refractivity (Wildman–Crippen MR) is 153 cm³/mol. The van der Waals surface area contributed by atoms with E-state index in [-0.39, 0.29) is 0 Å². The average Bonchev–Trinajstić information content (AvgIpc) is 3.42. The molecule has 0 unspecified atom stereocenters. The molecule has 0 aliphatic heterocycles. The molecule has 0 saturated heterocycles. The first kappa shape index (κ1) is 26.2. The van der Waals surface area contributed by atoms with Gasteiger partial charge >= 0.3 is 0 Å². The summed E-state index contributed by atoms with van der Waals surface area (Å²) in [6.45, 7) is 2.20. The van der Waals surface area contributed by atoms with Gasteiger partial charge < -0.3 is 0 Å². The van der Waals surface area contributed by atoms with Gasteiger partial charge in [0.15, 0.2) is 11.6 Å². The van der Waals surface area contributed by atoms with Crippen LogP contribution in [0.5, 0.6) is 0 Å². The maximum absolute atomic E-state index is 14.2. The number of unbranched alkanes of at least 4 members (excludes halogenated alkanes) is 4. The molecular weight excluding hydrogens is 532 g/mol. The van der Waals surface area contributed by atoms with Crippen molar-refractivity contribution in [2.45, 2.75) is 39.0 Å². The lowest BCUT2D eigenvalue weighted by atomic mass is 10.1. The second-order valence-corrected chi connectivity index (χ2v) is 10.8. The van der Waals surface area contributed by atoms with Crippen LogP contribution in [-0.4, -0.2) is 5.16 Å². The maximum Gasteiger partial charge on any atom is 0.153 e. The second kappa shape index (κ2) is 12.4. The van der Waals surface area contributed by atoms with Gasteiger partial charge in [-0.1, -0.05) is 61.5 Å². The van der Waals surface area contributed by atoms with Crippen molar-refractivity contribution in [3.05, 3.63) is 75.1 Å². The molecule has 180 valence electrons. The Hall–Kier alpha value is -2.83. The number of halogens is 3. The zero-order valence-electron chi connectivity index (χ0n) is 19.4. The largest absolute Gasteiger partial charge is 0.204 e. The fraction of sp³-hybridized carbons (Fsp3) is 0.207. The average molecular weight is 552 g/mol. The van der Waals surface area contributed by atoms with Crippen LogP contribution in [0.1, 0.15) is 55.0 Å². The molecule has 0 N–H and O–H groups in total.